The molecule has 0 aliphatic heterocycles. The Labute approximate surface area is 100 Å². The van der Waals surface area contributed by atoms with Crippen molar-refractivity contribution in [2.75, 3.05) is 6.61 Å². The Bertz CT molecular complexity index is 405. The molecule has 0 saturated heterocycles. The molecule has 92 valence electrons. The minimum atomic E-state index is -0.456. The molecule has 0 saturated carbocycles. The van der Waals surface area contributed by atoms with Crippen LogP contribution >= 0.6 is 0 Å². The summed E-state index contributed by atoms with van der Waals surface area (Å²) in [6, 6.07) is 4.77. The molecule has 0 aliphatic rings. The Morgan fingerprint density at radius 2 is 2.29 bits per heavy atom. The molecular weight excluding hydrogens is 220 g/mol. The van der Waals surface area contributed by atoms with Gasteiger partial charge in [-0.1, -0.05) is 12.1 Å². The molecule has 0 fully saturated rings. The highest BCUT2D eigenvalue weighted by molar-refractivity contribution is 5.48. The summed E-state index contributed by atoms with van der Waals surface area (Å²) < 4.78 is 5.37. The first-order valence-corrected chi connectivity index (χ1v) is 5.40. The molecule has 5 heteroatoms. The van der Waals surface area contributed by atoms with Crippen molar-refractivity contribution in [2.45, 2.75) is 19.4 Å². The number of hydrogen-bond donors (Lipinski definition) is 1. The Morgan fingerprint density at radius 1 is 1.53 bits per heavy atom. The fraction of sp³-hybridized carbons (Fsp3) is 0.333. The molecule has 17 heavy (non-hydrogen) atoms. The molecule has 0 heterocycles. The standard InChI is InChI=1S/C12H16N2O3/c1-2-3-4-7-17-12-6-5-10(9-13)8-11(12)14(15)16/h2,5-6,8H,1,3-4,7,9,13H2. The van der Waals surface area contributed by atoms with E-state index >= 15 is 0 Å². The molecule has 0 aromatic heterocycles. The van der Waals surface area contributed by atoms with Crippen molar-refractivity contribution >= 4 is 5.69 Å². The summed E-state index contributed by atoms with van der Waals surface area (Å²) in [7, 11) is 0. The van der Waals surface area contributed by atoms with Crippen LogP contribution in [0.1, 0.15) is 18.4 Å². The van der Waals surface area contributed by atoms with E-state index in [1.807, 2.05) is 0 Å². The van der Waals surface area contributed by atoms with E-state index in [9.17, 15) is 10.1 Å². The van der Waals surface area contributed by atoms with E-state index in [0.717, 1.165) is 18.4 Å². The molecule has 0 unspecified atom stereocenters. The van der Waals surface area contributed by atoms with Crippen LogP contribution in [0.2, 0.25) is 0 Å². The maximum Gasteiger partial charge on any atom is 0.311 e. The summed E-state index contributed by atoms with van der Waals surface area (Å²) >= 11 is 0. The Balaban J connectivity index is 2.76. The van der Waals surface area contributed by atoms with Crippen molar-refractivity contribution in [2.24, 2.45) is 5.73 Å². The van der Waals surface area contributed by atoms with E-state index in [1.165, 1.54) is 6.07 Å². The third kappa shape index (κ3) is 3.88. The average molecular weight is 236 g/mol. The van der Waals surface area contributed by atoms with Crippen molar-refractivity contribution in [3.8, 4) is 5.75 Å². The van der Waals surface area contributed by atoms with Crippen LogP contribution in [0.5, 0.6) is 5.75 Å². The van der Waals surface area contributed by atoms with Gasteiger partial charge in [0.05, 0.1) is 11.5 Å². The topological polar surface area (TPSA) is 78.4 Å². The number of nitrogens with two attached hydrogens (primary N) is 1. The van der Waals surface area contributed by atoms with Crippen LogP contribution < -0.4 is 10.5 Å². The largest absolute Gasteiger partial charge is 0.487 e. The van der Waals surface area contributed by atoms with Gasteiger partial charge in [-0.05, 0) is 24.5 Å². The Kier molecular flexibility index (Phi) is 5.16. The monoisotopic (exact) mass is 236 g/mol. The maximum absolute atomic E-state index is 10.8. The van der Waals surface area contributed by atoms with Crippen LogP contribution in [-0.4, -0.2) is 11.5 Å². The number of ether oxygens (including phenoxy) is 1. The number of hydrogen-bond acceptors (Lipinski definition) is 4. The summed E-state index contributed by atoms with van der Waals surface area (Å²) in [6.45, 7) is 4.31. The van der Waals surface area contributed by atoms with Gasteiger partial charge in [0.25, 0.3) is 0 Å². The van der Waals surface area contributed by atoms with Crippen LogP contribution in [-0.2, 0) is 6.54 Å². The number of rotatable bonds is 7. The second kappa shape index (κ2) is 6.65. The highest BCUT2D eigenvalue weighted by Crippen LogP contribution is 2.27. The van der Waals surface area contributed by atoms with E-state index in [0.29, 0.717) is 6.61 Å². The fourth-order valence-corrected chi connectivity index (χ4v) is 1.36. The quantitative estimate of drug-likeness (QED) is 0.341. The molecule has 1 rings (SSSR count). The minimum absolute atomic E-state index is 0.0356. The van der Waals surface area contributed by atoms with Gasteiger partial charge >= 0.3 is 5.69 Å². The summed E-state index contributed by atoms with van der Waals surface area (Å²) in [5, 5.41) is 10.8. The Morgan fingerprint density at radius 3 is 2.88 bits per heavy atom. The van der Waals surface area contributed by atoms with Crippen LogP contribution in [0.4, 0.5) is 5.69 Å². The lowest BCUT2D eigenvalue weighted by Gasteiger charge is -2.07. The smallest absolute Gasteiger partial charge is 0.311 e. The lowest BCUT2D eigenvalue weighted by molar-refractivity contribution is -0.385. The zero-order valence-corrected chi connectivity index (χ0v) is 9.59. The molecule has 0 bridgehead atoms. The van der Waals surface area contributed by atoms with Crippen molar-refractivity contribution in [1.82, 2.24) is 0 Å². The molecular formula is C12H16N2O3. The first kappa shape index (κ1) is 13.2. The predicted molar refractivity (Wildman–Crippen MR) is 65.9 cm³/mol. The van der Waals surface area contributed by atoms with E-state index in [1.54, 1.807) is 18.2 Å². The molecule has 0 radical (unpaired) electrons. The fourth-order valence-electron chi connectivity index (χ4n) is 1.36. The molecule has 0 atom stereocenters. The normalized spacial score (nSPS) is 9.94. The second-order valence-corrected chi connectivity index (χ2v) is 3.54. The van der Waals surface area contributed by atoms with Crippen molar-refractivity contribution in [1.29, 1.82) is 0 Å². The number of nitrogens with zero attached hydrogens (tertiary/aromatic N) is 1. The van der Waals surface area contributed by atoms with E-state index in [-0.39, 0.29) is 18.0 Å². The SMILES string of the molecule is C=CCCCOc1ccc(CN)cc1[N+](=O)[O-]. The van der Waals surface area contributed by atoms with Gasteiger partial charge in [-0.25, -0.2) is 0 Å². The maximum atomic E-state index is 10.8. The van der Waals surface area contributed by atoms with Gasteiger partial charge in [-0.3, -0.25) is 10.1 Å². The summed E-state index contributed by atoms with van der Waals surface area (Å²) in [5.41, 5.74) is 6.12. The number of unbranched alkanes of at least 4 members (excludes halogenated alkanes) is 1. The molecule has 0 amide bonds. The average Bonchev–Trinajstić information content (AvgIpc) is 2.34. The van der Waals surface area contributed by atoms with Crippen LogP contribution in [0.3, 0.4) is 0 Å². The highest BCUT2D eigenvalue weighted by atomic mass is 16.6. The van der Waals surface area contributed by atoms with E-state index in [2.05, 4.69) is 6.58 Å². The zero-order valence-electron chi connectivity index (χ0n) is 9.59. The molecule has 1 aromatic carbocycles. The van der Waals surface area contributed by atoms with Crippen molar-refractivity contribution in [3.05, 3.63) is 46.5 Å². The number of nitro benzene ring substituents is 1. The van der Waals surface area contributed by atoms with Gasteiger partial charge in [0.1, 0.15) is 0 Å². The van der Waals surface area contributed by atoms with Crippen LogP contribution in [0.15, 0.2) is 30.9 Å². The predicted octanol–water partition coefficient (Wildman–Crippen LogP) is 2.40. The number of allylic oxidation sites excluding steroid dienone is 1. The first-order chi connectivity index (χ1) is 8.19. The molecule has 0 aliphatic carbocycles. The molecule has 0 spiro atoms. The van der Waals surface area contributed by atoms with Gasteiger partial charge in [0, 0.05) is 12.6 Å². The van der Waals surface area contributed by atoms with Crippen LogP contribution in [0, 0.1) is 10.1 Å². The van der Waals surface area contributed by atoms with Gasteiger partial charge in [0.15, 0.2) is 5.75 Å². The minimum Gasteiger partial charge on any atom is -0.487 e. The lowest BCUT2D eigenvalue weighted by atomic mass is 10.2. The van der Waals surface area contributed by atoms with Gasteiger partial charge in [0.2, 0.25) is 0 Å². The molecule has 1 aromatic rings. The second-order valence-electron chi connectivity index (χ2n) is 3.54. The summed E-state index contributed by atoms with van der Waals surface area (Å²) in [4.78, 5) is 10.4. The van der Waals surface area contributed by atoms with Gasteiger partial charge in [-0.15, -0.1) is 6.58 Å². The van der Waals surface area contributed by atoms with E-state index in [4.69, 9.17) is 10.5 Å². The number of benzene rings is 1. The molecule has 2 N–H and O–H groups in total. The third-order valence-electron chi connectivity index (χ3n) is 2.27. The lowest BCUT2D eigenvalue weighted by Crippen LogP contribution is -2.02. The van der Waals surface area contributed by atoms with Gasteiger partial charge in [-0.2, -0.15) is 0 Å². The number of nitro groups is 1. The third-order valence-corrected chi connectivity index (χ3v) is 2.27. The summed E-state index contributed by atoms with van der Waals surface area (Å²) in [5.74, 6) is 0.288. The highest BCUT2D eigenvalue weighted by Gasteiger charge is 2.15. The zero-order chi connectivity index (χ0) is 12.7. The van der Waals surface area contributed by atoms with Crippen LogP contribution in [0.25, 0.3) is 0 Å². The van der Waals surface area contributed by atoms with Gasteiger partial charge < -0.3 is 10.5 Å². The summed E-state index contributed by atoms with van der Waals surface area (Å²) in [6.07, 6.45) is 3.41. The van der Waals surface area contributed by atoms with Crippen molar-refractivity contribution in [3.63, 3.8) is 0 Å². The first-order valence-electron chi connectivity index (χ1n) is 5.40. The molecule has 5 nitrogen and oxygen atoms in total. The van der Waals surface area contributed by atoms with Crippen molar-refractivity contribution < 1.29 is 9.66 Å². The van der Waals surface area contributed by atoms with E-state index < -0.39 is 4.92 Å². The Hall–Kier alpha value is -1.88.